The second-order valence-electron chi connectivity index (χ2n) is 3.07. The zero-order valence-electron chi connectivity index (χ0n) is 7.64. The van der Waals surface area contributed by atoms with Crippen molar-refractivity contribution >= 4 is 12.1 Å². The van der Waals surface area contributed by atoms with Gasteiger partial charge in [0.2, 0.25) is 0 Å². The third kappa shape index (κ3) is 2.13. The molecule has 0 saturated carbocycles. The SMILES string of the molecule is CC(=O)O[C@@H]1CN(C(=O)O)C[C@H]1C#N. The van der Waals surface area contributed by atoms with Crippen molar-refractivity contribution in [2.45, 2.75) is 13.0 Å². The number of esters is 1. The van der Waals surface area contributed by atoms with Gasteiger partial charge in [-0.3, -0.25) is 4.79 Å². The summed E-state index contributed by atoms with van der Waals surface area (Å²) in [6.07, 6.45) is -1.73. The number of hydrogen-bond donors (Lipinski definition) is 1. The largest absolute Gasteiger partial charge is 0.465 e. The molecule has 0 aromatic carbocycles. The molecular formula is C8H10N2O4. The van der Waals surface area contributed by atoms with E-state index in [0.717, 1.165) is 4.90 Å². The fraction of sp³-hybridized carbons (Fsp3) is 0.625. The average molecular weight is 198 g/mol. The van der Waals surface area contributed by atoms with E-state index < -0.39 is 24.1 Å². The van der Waals surface area contributed by atoms with Gasteiger partial charge in [-0.2, -0.15) is 5.26 Å². The molecule has 1 rings (SSSR count). The van der Waals surface area contributed by atoms with Crippen LogP contribution < -0.4 is 0 Å². The maximum atomic E-state index is 10.6. The van der Waals surface area contributed by atoms with Crippen LogP contribution in [0.2, 0.25) is 0 Å². The summed E-state index contributed by atoms with van der Waals surface area (Å²) >= 11 is 0. The smallest absolute Gasteiger partial charge is 0.407 e. The molecule has 6 nitrogen and oxygen atoms in total. The number of rotatable bonds is 1. The molecule has 1 aliphatic rings. The van der Waals surface area contributed by atoms with Gasteiger partial charge < -0.3 is 14.7 Å². The van der Waals surface area contributed by atoms with Crippen molar-refractivity contribution in [1.29, 1.82) is 5.26 Å². The maximum absolute atomic E-state index is 10.6. The summed E-state index contributed by atoms with van der Waals surface area (Å²) in [5, 5.41) is 17.3. The van der Waals surface area contributed by atoms with Gasteiger partial charge in [-0.15, -0.1) is 0 Å². The van der Waals surface area contributed by atoms with Crippen LogP contribution in [0.1, 0.15) is 6.92 Å². The van der Waals surface area contributed by atoms with Gasteiger partial charge >= 0.3 is 12.1 Å². The van der Waals surface area contributed by atoms with Gasteiger partial charge in [-0.25, -0.2) is 4.79 Å². The van der Waals surface area contributed by atoms with E-state index in [9.17, 15) is 9.59 Å². The number of carbonyl (C=O) groups is 2. The Bertz CT molecular complexity index is 296. The molecule has 1 fully saturated rings. The Labute approximate surface area is 80.7 Å². The minimum atomic E-state index is -1.10. The average Bonchev–Trinajstić information content (AvgIpc) is 2.46. The number of amides is 1. The van der Waals surface area contributed by atoms with E-state index in [1.165, 1.54) is 6.92 Å². The van der Waals surface area contributed by atoms with Crippen LogP contribution in [0.25, 0.3) is 0 Å². The summed E-state index contributed by atoms with van der Waals surface area (Å²) in [4.78, 5) is 22.3. The minimum absolute atomic E-state index is 0.0765. The number of likely N-dealkylation sites (tertiary alicyclic amines) is 1. The third-order valence-electron chi connectivity index (χ3n) is 2.02. The van der Waals surface area contributed by atoms with Crippen LogP contribution in [-0.2, 0) is 9.53 Å². The van der Waals surface area contributed by atoms with Gasteiger partial charge in [0.1, 0.15) is 12.0 Å². The number of nitriles is 1. The molecule has 0 aliphatic carbocycles. The molecule has 2 atom stereocenters. The highest BCUT2D eigenvalue weighted by atomic mass is 16.5. The fourth-order valence-corrected chi connectivity index (χ4v) is 1.39. The first kappa shape index (κ1) is 10.3. The van der Waals surface area contributed by atoms with Crippen LogP contribution >= 0.6 is 0 Å². The Morgan fingerprint density at radius 3 is 2.64 bits per heavy atom. The molecule has 0 aromatic heterocycles. The van der Waals surface area contributed by atoms with Crippen molar-refractivity contribution in [1.82, 2.24) is 4.90 Å². The highest BCUT2D eigenvalue weighted by Crippen LogP contribution is 2.19. The van der Waals surface area contributed by atoms with Crippen molar-refractivity contribution in [3.05, 3.63) is 0 Å². The number of hydrogen-bond acceptors (Lipinski definition) is 4. The van der Waals surface area contributed by atoms with E-state index in [-0.39, 0.29) is 13.1 Å². The monoisotopic (exact) mass is 198 g/mol. The summed E-state index contributed by atoms with van der Waals surface area (Å²) in [5.41, 5.74) is 0. The Balaban J connectivity index is 2.63. The molecule has 14 heavy (non-hydrogen) atoms. The second kappa shape index (κ2) is 3.96. The van der Waals surface area contributed by atoms with Gasteiger partial charge in [-0.05, 0) is 0 Å². The molecule has 76 valence electrons. The van der Waals surface area contributed by atoms with Gasteiger partial charge in [0.15, 0.2) is 0 Å². The zero-order chi connectivity index (χ0) is 10.7. The van der Waals surface area contributed by atoms with Gasteiger partial charge in [0.25, 0.3) is 0 Å². The number of carboxylic acid groups (broad SMARTS) is 1. The van der Waals surface area contributed by atoms with E-state index in [0.29, 0.717) is 0 Å². The summed E-state index contributed by atoms with van der Waals surface area (Å²) < 4.78 is 4.83. The van der Waals surface area contributed by atoms with Gasteiger partial charge in [0, 0.05) is 13.5 Å². The molecule has 1 aliphatic heterocycles. The van der Waals surface area contributed by atoms with Crippen LogP contribution in [0.4, 0.5) is 4.79 Å². The van der Waals surface area contributed by atoms with Crippen molar-refractivity contribution in [3.8, 4) is 6.07 Å². The van der Waals surface area contributed by atoms with Crippen LogP contribution in [0.15, 0.2) is 0 Å². The summed E-state index contributed by atoms with van der Waals surface area (Å²) in [6.45, 7) is 1.41. The van der Waals surface area contributed by atoms with Crippen LogP contribution in [0.5, 0.6) is 0 Å². The molecule has 0 radical (unpaired) electrons. The highest BCUT2D eigenvalue weighted by Gasteiger charge is 2.37. The third-order valence-corrected chi connectivity index (χ3v) is 2.02. The molecular weight excluding hydrogens is 188 g/mol. The standard InChI is InChI=1S/C8H10N2O4/c1-5(11)14-7-4-10(8(12)13)3-6(7)2-9/h6-7H,3-4H2,1H3,(H,12,13)/t6-,7-/m1/s1. The first-order valence-electron chi connectivity index (χ1n) is 4.09. The lowest BCUT2D eigenvalue weighted by molar-refractivity contribution is -0.146. The van der Waals surface area contributed by atoms with E-state index in [4.69, 9.17) is 15.1 Å². The number of carbonyl (C=O) groups excluding carboxylic acids is 1. The molecule has 0 unspecified atom stereocenters. The normalized spacial score (nSPS) is 25.6. The number of nitrogens with zero attached hydrogens (tertiary/aromatic N) is 2. The Kier molecular flexibility index (Phi) is 2.92. The quantitative estimate of drug-likeness (QED) is 0.601. The van der Waals surface area contributed by atoms with Crippen molar-refractivity contribution in [2.24, 2.45) is 5.92 Å². The summed E-state index contributed by atoms with van der Waals surface area (Å²) in [7, 11) is 0. The zero-order valence-corrected chi connectivity index (χ0v) is 7.64. The Hall–Kier alpha value is -1.77. The Morgan fingerprint density at radius 1 is 1.57 bits per heavy atom. The Morgan fingerprint density at radius 2 is 2.21 bits per heavy atom. The van der Waals surface area contributed by atoms with E-state index in [1.54, 1.807) is 0 Å². The molecule has 0 bridgehead atoms. The second-order valence-corrected chi connectivity index (χ2v) is 3.07. The maximum Gasteiger partial charge on any atom is 0.407 e. The topological polar surface area (TPSA) is 90.6 Å². The number of ether oxygens (including phenoxy) is 1. The highest BCUT2D eigenvalue weighted by molar-refractivity contribution is 5.67. The van der Waals surface area contributed by atoms with Crippen molar-refractivity contribution < 1.29 is 19.4 Å². The predicted octanol–water partition coefficient (Wildman–Crippen LogP) is 0.0515. The van der Waals surface area contributed by atoms with Crippen LogP contribution in [-0.4, -0.2) is 41.3 Å². The predicted molar refractivity (Wildman–Crippen MR) is 44.3 cm³/mol. The summed E-state index contributed by atoms with van der Waals surface area (Å²) in [6, 6.07) is 1.92. The van der Waals surface area contributed by atoms with Crippen molar-refractivity contribution in [2.75, 3.05) is 13.1 Å². The lowest BCUT2D eigenvalue weighted by Gasteiger charge is -2.12. The minimum Gasteiger partial charge on any atom is -0.465 e. The lowest BCUT2D eigenvalue weighted by atomic mass is 10.1. The van der Waals surface area contributed by atoms with Crippen LogP contribution in [0, 0.1) is 17.2 Å². The van der Waals surface area contributed by atoms with E-state index in [2.05, 4.69) is 0 Å². The molecule has 1 N–H and O–H groups in total. The first-order valence-corrected chi connectivity index (χ1v) is 4.09. The molecule has 0 aromatic rings. The van der Waals surface area contributed by atoms with E-state index >= 15 is 0 Å². The fourth-order valence-electron chi connectivity index (χ4n) is 1.39. The lowest BCUT2D eigenvalue weighted by Crippen LogP contribution is -2.29. The first-order chi connectivity index (χ1) is 6.54. The van der Waals surface area contributed by atoms with Crippen LogP contribution in [0.3, 0.4) is 0 Å². The summed E-state index contributed by atoms with van der Waals surface area (Å²) in [5.74, 6) is -1.06. The van der Waals surface area contributed by atoms with E-state index in [1.807, 2.05) is 6.07 Å². The van der Waals surface area contributed by atoms with Gasteiger partial charge in [0.05, 0.1) is 12.6 Å². The molecule has 6 heteroatoms. The van der Waals surface area contributed by atoms with Crippen molar-refractivity contribution in [3.63, 3.8) is 0 Å². The molecule has 1 heterocycles. The molecule has 1 saturated heterocycles. The molecule has 1 amide bonds. The molecule has 0 spiro atoms. The van der Waals surface area contributed by atoms with Gasteiger partial charge in [-0.1, -0.05) is 0 Å².